The number of rotatable bonds is 5. The fraction of sp³-hybridized carbons (Fsp3) is 0.188. The molecule has 0 aliphatic heterocycles. The van der Waals surface area contributed by atoms with Crippen LogP contribution in [0.3, 0.4) is 0 Å². The van der Waals surface area contributed by atoms with Crippen LogP contribution in [-0.4, -0.2) is 16.8 Å². The predicted molar refractivity (Wildman–Crippen MR) is 86.7 cm³/mol. The summed E-state index contributed by atoms with van der Waals surface area (Å²) in [7, 11) is 0. The van der Waals surface area contributed by atoms with Crippen LogP contribution in [0.25, 0.3) is 0 Å². The van der Waals surface area contributed by atoms with Gasteiger partial charge in [0.1, 0.15) is 0 Å². The molecule has 0 aromatic heterocycles. The summed E-state index contributed by atoms with van der Waals surface area (Å²) < 4.78 is 0. The van der Waals surface area contributed by atoms with E-state index < -0.39 is 0 Å². The number of para-hydroxylation sites is 1. The number of nitrogens with one attached hydrogen (secondary N) is 2. The molecule has 0 bridgehead atoms. The molecule has 0 amide bonds. The number of benzene rings is 2. The molecule has 2 aromatic rings. The molecular weight excluding hydrogens is 268 g/mol. The summed E-state index contributed by atoms with van der Waals surface area (Å²) >= 11 is 5.26. The molecule has 4 heteroatoms. The van der Waals surface area contributed by atoms with E-state index >= 15 is 0 Å². The standard InChI is InChI=1S/C16H18N2OS/c19-12-14-8-4-5-9-15(14)18-16(20)17-11-10-13-6-2-1-3-7-13/h1-9,19H,10-12H2,(H2,17,18,20). The molecule has 0 saturated carbocycles. The average molecular weight is 286 g/mol. The minimum Gasteiger partial charge on any atom is -0.392 e. The van der Waals surface area contributed by atoms with Crippen LogP contribution in [0.15, 0.2) is 54.6 Å². The molecule has 0 spiro atoms. The van der Waals surface area contributed by atoms with Gasteiger partial charge in [-0.15, -0.1) is 0 Å². The lowest BCUT2D eigenvalue weighted by atomic mass is 10.1. The third-order valence-corrected chi connectivity index (χ3v) is 3.22. The van der Waals surface area contributed by atoms with Crippen LogP contribution in [0.4, 0.5) is 5.69 Å². The second-order valence-electron chi connectivity index (χ2n) is 4.43. The van der Waals surface area contributed by atoms with Crippen molar-refractivity contribution in [2.45, 2.75) is 13.0 Å². The van der Waals surface area contributed by atoms with E-state index in [1.807, 2.05) is 42.5 Å². The Bertz CT molecular complexity index is 557. The van der Waals surface area contributed by atoms with Gasteiger partial charge in [-0.1, -0.05) is 48.5 Å². The molecule has 0 saturated heterocycles. The van der Waals surface area contributed by atoms with Crippen molar-refractivity contribution in [1.29, 1.82) is 0 Å². The Morgan fingerprint density at radius 1 is 1.00 bits per heavy atom. The summed E-state index contributed by atoms with van der Waals surface area (Å²) in [6.45, 7) is 0.771. The van der Waals surface area contributed by atoms with Crippen LogP contribution in [0.2, 0.25) is 0 Å². The molecule has 0 unspecified atom stereocenters. The Morgan fingerprint density at radius 3 is 2.45 bits per heavy atom. The maximum atomic E-state index is 9.25. The maximum absolute atomic E-state index is 9.25. The summed E-state index contributed by atoms with van der Waals surface area (Å²) in [5.74, 6) is 0. The van der Waals surface area contributed by atoms with Crippen molar-refractivity contribution in [1.82, 2.24) is 5.32 Å². The lowest BCUT2D eigenvalue weighted by Gasteiger charge is -2.13. The van der Waals surface area contributed by atoms with Gasteiger partial charge in [0, 0.05) is 17.8 Å². The molecule has 0 heterocycles. The highest BCUT2D eigenvalue weighted by atomic mass is 32.1. The molecular formula is C16H18N2OS. The Hall–Kier alpha value is -1.91. The molecule has 3 N–H and O–H groups in total. The first-order valence-corrected chi connectivity index (χ1v) is 6.98. The molecule has 0 radical (unpaired) electrons. The average Bonchev–Trinajstić information content (AvgIpc) is 2.49. The second-order valence-corrected chi connectivity index (χ2v) is 4.84. The van der Waals surface area contributed by atoms with E-state index in [4.69, 9.17) is 12.2 Å². The number of thiocarbonyl (C=S) groups is 1. The van der Waals surface area contributed by atoms with Crippen LogP contribution in [0.1, 0.15) is 11.1 Å². The van der Waals surface area contributed by atoms with E-state index in [0.29, 0.717) is 5.11 Å². The molecule has 104 valence electrons. The molecule has 2 rings (SSSR count). The van der Waals surface area contributed by atoms with Crippen molar-refractivity contribution in [3.8, 4) is 0 Å². The van der Waals surface area contributed by atoms with E-state index in [1.54, 1.807) is 0 Å². The normalized spacial score (nSPS) is 10.1. The van der Waals surface area contributed by atoms with Gasteiger partial charge in [0.05, 0.1) is 6.61 Å². The Labute approximate surface area is 124 Å². The van der Waals surface area contributed by atoms with Crippen molar-refractivity contribution in [3.05, 3.63) is 65.7 Å². The van der Waals surface area contributed by atoms with Crippen LogP contribution in [0.5, 0.6) is 0 Å². The van der Waals surface area contributed by atoms with Crippen LogP contribution in [-0.2, 0) is 13.0 Å². The number of hydrogen-bond acceptors (Lipinski definition) is 2. The highest BCUT2D eigenvalue weighted by Crippen LogP contribution is 2.14. The fourth-order valence-electron chi connectivity index (χ4n) is 1.91. The third-order valence-electron chi connectivity index (χ3n) is 2.98. The van der Waals surface area contributed by atoms with Crippen molar-refractivity contribution in [2.75, 3.05) is 11.9 Å². The van der Waals surface area contributed by atoms with Crippen LogP contribution >= 0.6 is 12.2 Å². The molecule has 0 aliphatic carbocycles. The molecule has 0 fully saturated rings. The topological polar surface area (TPSA) is 44.3 Å². The number of aliphatic hydroxyl groups excluding tert-OH is 1. The quantitative estimate of drug-likeness (QED) is 0.740. The Balaban J connectivity index is 1.81. The first-order valence-electron chi connectivity index (χ1n) is 6.57. The van der Waals surface area contributed by atoms with Gasteiger partial charge < -0.3 is 15.7 Å². The van der Waals surface area contributed by atoms with E-state index in [9.17, 15) is 5.11 Å². The zero-order valence-electron chi connectivity index (χ0n) is 11.2. The first kappa shape index (κ1) is 14.5. The van der Waals surface area contributed by atoms with Crippen molar-refractivity contribution in [2.24, 2.45) is 0 Å². The van der Waals surface area contributed by atoms with Gasteiger partial charge >= 0.3 is 0 Å². The Morgan fingerprint density at radius 2 is 1.70 bits per heavy atom. The lowest BCUT2D eigenvalue weighted by Crippen LogP contribution is -2.30. The van der Waals surface area contributed by atoms with Crippen molar-refractivity contribution in [3.63, 3.8) is 0 Å². The van der Waals surface area contributed by atoms with Crippen LogP contribution in [0, 0.1) is 0 Å². The van der Waals surface area contributed by atoms with Crippen molar-refractivity contribution < 1.29 is 5.11 Å². The monoisotopic (exact) mass is 286 g/mol. The highest BCUT2D eigenvalue weighted by Gasteiger charge is 2.02. The van der Waals surface area contributed by atoms with E-state index in [-0.39, 0.29) is 6.61 Å². The van der Waals surface area contributed by atoms with E-state index in [0.717, 1.165) is 24.2 Å². The van der Waals surface area contributed by atoms with Crippen LogP contribution < -0.4 is 10.6 Å². The largest absolute Gasteiger partial charge is 0.392 e. The second kappa shape index (κ2) is 7.62. The fourth-order valence-corrected chi connectivity index (χ4v) is 2.12. The summed E-state index contributed by atoms with van der Waals surface area (Å²) in [5, 5.41) is 16.1. The predicted octanol–water partition coefficient (Wildman–Crippen LogP) is 2.71. The molecule has 20 heavy (non-hydrogen) atoms. The molecule has 3 nitrogen and oxygen atoms in total. The van der Waals surface area contributed by atoms with E-state index in [1.165, 1.54) is 5.56 Å². The summed E-state index contributed by atoms with van der Waals surface area (Å²) in [5.41, 5.74) is 2.95. The minimum absolute atomic E-state index is 0.00416. The van der Waals surface area contributed by atoms with Gasteiger partial charge in [-0.3, -0.25) is 0 Å². The van der Waals surface area contributed by atoms with Gasteiger partial charge in [0.2, 0.25) is 0 Å². The summed E-state index contributed by atoms with van der Waals surface area (Å²) in [6, 6.07) is 17.8. The summed E-state index contributed by atoms with van der Waals surface area (Å²) in [4.78, 5) is 0. The number of anilines is 1. The third kappa shape index (κ3) is 4.33. The smallest absolute Gasteiger partial charge is 0.170 e. The molecule has 0 aliphatic rings. The van der Waals surface area contributed by atoms with E-state index in [2.05, 4.69) is 22.8 Å². The van der Waals surface area contributed by atoms with Gasteiger partial charge in [-0.2, -0.15) is 0 Å². The minimum atomic E-state index is -0.00416. The van der Waals surface area contributed by atoms with Gasteiger partial charge in [0.25, 0.3) is 0 Å². The zero-order chi connectivity index (χ0) is 14.2. The highest BCUT2D eigenvalue weighted by molar-refractivity contribution is 7.80. The number of hydrogen-bond donors (Lipinski definition) is 3. The first-order chi connectivity index (χ1) is 9.79. The maximum Gasteiger partial charge on any atom is 0.170 e. The summed E-state index contributed by atoms with van der Waals surface area (Å²) in [6.07, 6.45) is 0.921. The molecule has 0 atom stereocenters. The SMILES string of the molecule is OCc1ccccc1NC(=S)NCCc1ccccc1. The zero-order valence-corrected chi connectivity index (χ0v) is 12.0. The van der Waals surface area contributed by atoms with Gasteiger partial charge in [0.15, 0.2) is 5.11 Å². The van der Waals surface area contributed by atoms with Crippen molar-refractivity contribution >= 4 is 23.0 Å². The number of aliphatic hydroxyl groups is 1. The van der Waals surface area contributed by atoms with Gasteiger partial charge in [-0.25, -0.2) is 0 Å². The lowest BCUT2D eigenvalue weighted by molar-refractivity contribution is 0.282. The molecule has 2 aromatic carbocycles. The Kier molecular flexibility index (Phi) is 5.53. The van der Waals surface area contributed by atoms with Gasteiger partial charge in [-0.05, 0) is 30.3 Å².